The average Bonchev–Trinajstić information content (AvgIpc) is 3.26. The van der Waals surface area contributed by atoms with Gasteiger partial charge in [-0.25, -0.2) is 9.97 Å². The number of hydrogen-bond donors (Lipinski definition) is 3. The van der Waals surface area contributed by atoms with Crippen LogP contribution in [0.15, 0.2) is 116 Å². The maximum atomic E-state index is 14.2. The second kappa shape index (κ2) is 23.0. The van der Waals surface area contributed by atoms with Gasteiger partial charge in [0.1, 0.15) is 18.4 Å². The highest BCUT2D eigenvalue weighted by Gasteiger charge is 2.32. The molecule has 11 heteroatoms. The third kappa shape index (κ3) is 15.7. The van der Waals surface area contributed by atoms with Crippen molar-refractivity contribution < 1.29 is 33.7 Å². The minimum absolute atomic E-state index is 0.0253. The zero-order chi connectivity index (χ0) is 45.4. The van der Waals surface area contributed by atoms with Crippen molar-refractivity contribution in [2.75, 3.05) is 6.61 Å². The highest BCUT2D eigenvalue weighted by Crippen LogP contribution is 2.25. The Morgan fingerprint density at radius 3 is 1.95 bits per heavy atom. The molecule has 0 saturated carbocycles. The number of aliphatic hydroxyl groups is 1. The van der Waals surface area contributed by atoms with Gasteiger partial charge in [0.05, 0.1) is 24.7 Å². The van der Waals surface area contributed by atoms with E-state index in [9.17, 15) is 19.5 Å². The quantitative estimate of drug-likeness (QED) is 0.0373. The molecule has 334 valence electrons. The number of carbonyl (C=O) groups is 3. The molecule has 1 aromatic heterocycles. The molecule has 63 heavy (non-hydrogen) atoms. The van der Waals surface area contributed by atoms with Gasteiger partial charge in [0.2, 0.25) is 5.91 Å². The summed E-state index contributed by atoms with van der Waals surface area (Å²) in [6, 6.07) is 29.6. The summed E-state index contributed by atoms with van der Waals surface area (Å²) in [5, 5.41) is 16.9. The van der Waals surface area contributed by atoms with Crippen molar-refractivity contribution in [3.05, 3.63) is 138 Å². The highest BCUT2D eigenvalue weighted by atomic mass is 16.6. The summed E-state index contributed by atoms with van der Waals surface area (Å²) in [4.78, 5) is 50.3. The minimum atomic E-state index is -1.56. The molecule has 0 radical (unpaired) electrons. The summed E-state index contributed by atoms with van der Waals surface area (Å²) >= 11 is 0. The molecule has 3 N–H and O–H groups in total. The lowest BCUT2D eigenvalue weighted by atomic mass is 9.86. The molecular weight excluding hydrogens is 793 g/mol. The largest absolute Gasteiger partial charge is 0.494 e. The van der Waals surface area contributed by atoms with Crippen LogP contribution in [0.3, 0.4) is 0 Å². The predicted molar refractivity (Wildman–Crippen MR) is 247 cm³/mol. The molecule has 5 aromatic rings. The van der Waals surface area contributed by atoms with Crippen LogP contribution in [0.1, 0.15) is 114 Å². The Kier molecular flexibility index (Phi) is 17.5. The Labute approximate surface area is 373 Å². The van der Waals surface area contributed by atoms with Gasteiger partial charge in [0.25, 0.3) is 5.91 Å². The number of benzene rings is 4. The number of ether oxygens (including phenoxy) is 3. The van der Waals surface area contributed by atoms with Gasteiger partial charge in [0, 0.05) is 35.5 Å². The van der Waals surface area contributed by atoms with E-state index in [0.29, 0.717) is 18.0 Å². The standard InChI is InChI=1S/C52H64N4O7/c1-8-9-10-11-15-30-61-43-28-24-38(25-29-43)41-33-53-47(54-34-41)39-20-18-36(19-21-39)31-44(55-48(58)40-22-26-42(27-23-40)51(2,3)4)49(59)56-45(50(60)63-52(5,6)7)32-46(57)62-35-37-16-13-12-14-17-37/h12-14,16-29,33-34,44-45,50,60H,8-11,15,30-32,35H2,1-7H3,(H,55,58)(H,56,59)/t44-,45-,50?/m0/s1. The lowest BCUT2D eigenvalue weighted by Gasteiger charge is -2.31. The van der Waals surface area contributed by atoms with Gasteiger partial charge in [-0.15, -0.1) is 0 Å². The molecule has 0 saturated heterocycles. The van der Waals surface area contributed by atoms with E-state index in [2.05, 4.69) is 48.3 Å². The van der Waals surface area contributed by atoms with Crippen molar-refractivity contribution >= 4 is 17.8 Å². The summed E-state index contributed by atoms with van der Waals surface area (Å²) in [7, 11) is 0. The molecule has 1 heterocycles. The van der Waals surface area contributed by atoms with Gasteiger partial charge < -0.3 is 30.0 Å². The van der Waals surface area contributed by atoms with Crippen molar-refractivity contribution in [1.29, 1.82) is 0 Å². The van der Waals surface area contributed by atoms with E-state index in [1.165, 1.54) is 25.7 Å². The van der Waals surface area contributed by atoms with Crippen molar-refractivity contribution in [2.24, 2.45) is 0 Å². The first-order valence-corrected chi connectivity index (χ1v) is 22.0. The fourth-order valence-electron chi connectivity index (χ4n) is 6.79. The van der Waals surface area contributed by atoms with E-state index in [1.54, 1.807) is 45.3 Å². The number of nitrogens with zero attached hydrogens (tertiary/aromatic N) is 2. The van der Waals surface area contributed by atoms with Crippen molar-refractivity contribution in [3.63, 3.8) is 0 Å². The summed E-state index contributed by atoms with van der Waals surface area (Å²) in [6.45, 7) is 14.5. The highest BCUT2D eigenvalue weighted by molar-refractivity contribution is 5.97. The molecule has 0 fully saturated rings. The number of nitrogens with one attached hydrogen (secondary N) is 2. The Bertz CT molecular complexity index is 2180. The monoisotopic (exact) mass is 856 g/mol. The smallest absolute Gasteiger partial charge is 0.308 e. The van der Waals surface area contributed by atoms with E-state index in [-0.39, 0.29) is 24.9 Å². The van der Waals surface area contributed by atoms with E-state index >= 15 is 0 Å². The number of esters is 1. The molecule has 0 bridgehead atoms. The molecule has 5 rings (SSSR count). The Hall–Kier alpha value is -5.91. The number of amides is 2. The van der Waals surface area contributed by atoms with Crippen LogP contribution in [0.2, 0.25) is 0 Å². The lowest BCUT2D eigenvalue weighted by Crippen LogP contribution is -2.55. The fraction of sp³-hybridized carbons (Fsp3) is 0.404. The summed E-state index contributed by atoms with van der Waals surface area (Å²) < 4.78 is 17.2. The second-order valence-corrected chi connectivity index (χ2v) is 17.9. The number of aliphatic hydroxyl groups excluding tert-OH is 1. The Balaban J connectivity index is 1.30. The number of rotatable bonds is 21. The van der Waals surface area contributed by atoms with Gasteiger partial charge in [-0.2, -0.15) is 0 Å². The van der Waals surface area contributed by atoms with E-state index in [4.69, 9.17) is 14.2 Å². The first-order chi connectivity index (χ1) is 30.1. The van der Waals surface area contributed by atoms with Crippen molar-refractivity contribution in [3.8, 4) is 28.3 Å². The fourth-order valence-corrected chi connectivity index (χ4v) is 6.79. The van der Waals surface area contributed by atoms with Gasteiger partial charge >= 0.3 is 5.97 Å². The lowest BCUT2D eigenvalue weighted by molar-refractivity contribution is -0.186. The number of carbonyl (C=O) groups excluding carboxylic acids is 3. The van der Waals surface area contributed by atoms with Gasteiger partial charge in [0.15, 0.2) is 12.1 Å². The average molecular weight is 857 g/mol. The molecule has 4 aromatic carbocycles. The first kappa shape index (κ1) is 48.1. The number of aromatic nitrogens is 2. The van der Waals surface area contributed by atoms with Crippen molar-refractivity contribution in [2.45, 2.75) is 129 Å². The zero-order valence-electron chi connectivity index (χ0n) is 37.9. The summed E-state index contributed by atoms with van der Waals surface area (Å²) in [5.74, 6) is -0.336. The molecule has 11 nitrogen and oxygen atoms in total. The zero-order valence-corrected chi connectivity index (χ0v) is 37.9. The molecule has 0 aliphatic carbocycles. The Morgan fingerprint density at radius 1 is 0.698 bits per heavy atom. The van der Waals surface area contributed by atoms with Gasteiger partial charge in [-0.3, -0.25) is 14.4 Å². The third-order valence-electron chi connectivity index (χ3n) is 10.4. The maximum Gasteiger partial charge on any atom is 0.308 e. The molecule has 0 spiro atoms. The molecule has 0 aliphatic heterocycles. The van der Waals surface area contributed by atoms with Crippen LogP contribution >= 0.6 is 0 Å². The summed E-state index contributed by atoms with van der Waals surface area (Å²) in [5.41, 5.74) is 4.69. The van der Waals surface area contributed by atoms with E-state index < -0.39 is 41.8 Å². The maximum absolute atomic E-state index is 14.2. The normalized spacial score (nSPS) is 13.1. The third-order valence-corrected chi connectivity index (χ3v) is 10.4. The van der Waals surface area contributed by atoms with Crippen LogP contribution < -0.4 is 15.4 Å². The first-order valence-electron chi connectivity index (χ1n) is 22.0. The molecule has 1 unspecified atom stereocenters. The molecule has 2 amide bonds. The van der Waals surface area contributed by atoms with Gasteiger partial charge in [-0.05, 0) is 79.1 Å². The van der Waals surface area contributed by atoms with Crippen LogP contribution in [-0.4, -0.2) is 63.4 Å². The Morgan fingerprint density at radius 2 is 1.33 bits per heavy atom. The predicted octanol–water partition coefficient (Wildman–Crippen LogP) is 9.55. The summed E-state index contributed by atoms with van der Waals surface area (Å²) in [6.07, 6.45) is 7.69. The van der Waals surface area contributed by atoms with E-state index in [1.807, 2.05) is 91.0 Å². The van der Waals surface area contributed by atoms with Crippen LogP contribution in [-0.2, 0) is 37.5 Å². The van der Waals surface area contributed by atoms with Crippen LogP contribution in [0.5, 0.6) is 5.75 Å². The minimum Gasteiger partial charge on any atom is -0.494 e. The van der Waals surface area contributed by atoms with Gasteiger partial charge in [-0.1, -0.05) is 132 Å². The number of unbranched alkanes of at least 4 members (excludes halogenated alkanes) is 4. The molecular formula is C52H64N4O7. The number of hydrogen-bond acceptors (Lipinski definition) is 9. The SMILES string of the molecule is CCCCCCCOc1ccc(-c2cnc(-c3ccc(C[C@H](NC(=O)c4ccc(C(C)(C)C)cc4)C(=O)N[C@@H](CC(=O)OCc4ccccc4)C(O)OC(C)(C)C)cc3)nc2)cc1. The van der Waals surface area contributed by atoms with E-state index in [0.717, 1.165) is 45.6 Å². The molecule has 0 aliphatic rings. The van der Waals surface area contributed by atoms with Crippen LogP contribution in [0, 0.1) is 0 Å². The van der Waals surface area contributed by atoms with Crippen molar-refractivity contribution in [1.82, 2.24) is 20.6 Å². The molecule has 3 atom stereocenters. The van der Waals surface area contributed by atoms with Crippen LogP contribution in [0.4, 0.5) is 0 Å². The topological polar surface area (TPSA) is 149 Å². The van der Waals surface area contributed by atoms with Crippen LogP contribution in [0.25, 0.3) is 22.5 Å². The second-order valence-electron chi connectivity index (χ2n) is 17.9.